The molecule has 0 N–H and O–H groups in total. The van der Waals surface area contributed by atoms with Crippen LogP contribution in [-0.4, -0.2) is 0 Å². The maximum atomic E-state index is 5.32. The van der Waals surface area contributed by atoms with Crippen LogP contribution in [0.4, 0.5) is 0 Å². The van der Waals surface area contributed by atoms with Crippen LogP contribution in [0.25, 0.3) is 0 Å². The summed E-state index contributed by atoms with van der Waals surface area (Å²) in [5.41, 5.74) is 0. The van der Waals surface area contributed by atoms with E-state index in [1.165, 1.54) is 19.3 Å². The minimum atomic E-state index is 0.829. The van der Waals surface area contributed by atoms with Gasteiger partial charge in [-0.25, -0.2) is 0 Å². The first-order valence-corrected chi connectivity index (χ1v) is 4.69. The topological polar surface area (TPSA) is 0 Å². The highest BCUT2D eigenvalue weighted by Crippen LogP contribution is 2.38. The van der Waals surface area contributed by atoms with E-state index < -0.39 is 0 Å². The molecule has 0 radical (unpaired) electrons. The van der Waals surface area contributed by atoms with Crippen LogP contribution in [0, 0.1) is 30.1 Å². The summed E-state index contributed by atoms with van der Waals surface area (Å²) in [5.74, 6) is 5.37. The maximum Gasteiger partial charge on any atom is 0.0117 e. The van der Waals surface area contributed by atoms with Crippen molar-refractivity contribution in [3.63, 3.8) is 0 Å². The van der Waals surface area contributed by atoms with Gasteiger partial charge in [0.1, 0.15) is 0 Å². The van der Waals surface area contributed by atoms with E-state index >= 15 is 0 Å². The molecular formula is C11H18. The molecule has 0 aromatic carbocycles. The Hall–Kier alpha value is -0.440. The highest BCUT2D eigenvalue weighted by molar-refractivity contribution is 4.91. The van der Waals surface area contributed by atoms with Crippen LogP contribution in [-0.2, 0) is 0 Å². The molecule has 0 heteroatoms. The second-order valence-electron chi connectivity index (χ2n) is 4.01. The molecule has 0 heterocycles. The van der Waals surface area contributed by atoms with Gasteiger partial charge in [-0.3, -0.25) is 0 Å². The lowest BCUT2D eigenvalue weighted by atomic mass is 9.84. The van der Waals surface area contributed by atoms with Gasteiger partial charge in [0, 0.05) is 6.42 Å². The molecule has 1 rings (SSSR count). The zero-order chi connectivity index (χ0) is 8.27. The monoisotopic (exact) mass is 150 g/mol. The average molecular weight is 150 g/mol. The number of hydrogen-bond donors (Lipinski definition) is 0. The van der Waals surface area contributed by atoms with Crippen molar-refractivity contribution in [1.82, 2.24) is 0 Å². The quantitative estimate of drug-likeness (QED) is 0.531. The van der Waals surface area contributed by atoms with Crippen molar-refractivity contribution in [3.8, 4) is 12.3 Å². The van der Waals surface area contributed by atoms with Gasteiger partial charge in [0.2, 0.25) is 0 Å². The summed E-state index contributed by atoms with van der Waals surface area (Å²) in [6.07, 6.45) is 10.5. The van der Waals surface area contributed by atoms with E-state index in [-0.39, 0.29) is 0 Å². The van der Waals surface area contributed by atoms with Crippen molar-refractivity contribution >= 4 is 0 Å². The van der Waals surface area contributed by atoms with Gasteiger partial charge in [0.25, 0.3) is 0 Å². The maximum absolute atomic E-state index is 5.32. The van der Waals surface area contributed by atoms with E-state index in [1.807, 2.05) is 0 Å². The lowest BCUT2D eigenvalue weighted by Gasteiger charge is -2.20. The molecule has 0 aromatic rings. The van der Waals surface area contributed by atoms with Crippen molar-refractivity contribution in [3.05, 3.63) is 0 Å². The Bertz CT molecular complexity index is 150. The Morgan fingerprint density at radius 2 is 2.18 bits per heavy atom. The smallest absolute Gasteiger partial charge is 0.0117 e. The molecule has 0 aliphatic heterocycles. The Morgan fingerprint density at radius 1 is 1.45 bits per heavy atom. The standard InChI is InChI=1S/C11H18/c1-4-6-10-7-5-8-11(10)9(2)3/h1,9-11H,5-8H2,2-3H3. The fourth-order valence-electron chi connectivity index (χ4n) is 2.35. The molecule has 1 aliphatic carbocycles. The van der Waals surface area contributed by atoms with Crippen molar-refractivity contribution in [2.24, 2.45) is 17.8 Å². The van der Waals surface area contributed by atoms with Gasteiger partial charge in [-0.1, -0.05) is 20.3 Å². The normalized spacial score (nSPS) is 30.7. The molecule has 1 aliphatic rings. The van der Waals surface area contributed by atoms with Crippen molar-refractivity contribution in [1.29, 1.82) is 0 Å². The summed E-state index contributed by atoms with van der Waals surface area (Å²) in [6, 6.07) is 0. The molecule has 2 unspecified atom stereocenters. The van der Waals surface area contributed by atoms with Crippen LogP contribution in [0.2, 0.25) is 0 Å². The Morgan fingerprint density at radius 3 is 2.73 bits per heavy atom. The molecule has 0 amide bonds. The third kappa shape index (κ3) is 1.99. The van der Waals surface area contributed by atoms with Gasteiger partial charge in [-0.05, 0) is 30.6 Å². The molecule has 11 heavy (non-hydrogen) atoms. The second kappa shape index (κ2) is 3.81. The average Bonchev–Trinajstić information content (AvgIpc) is 2.36. The Kier molecular flexibility index (Phi) is 3.00. The molecule has 2 atom stereocenters. The van der Waals surface area contributed by atoms with E-state index in [1.54, 1.807) is 0 Å². The summed E-state index contributed by atoms with van der Waals surface area (Å²) < 4.78 is 0. The molecule has 0 nitrogen and oxygen atoms in total. The minimum Gasteiger partial charge on any atom is -0.120 e. The highest BCUT2D eigenvalue weighted by Gasteiger charge is 2.28. The van der Waals surface area contributed by atoms with Crippen molar-refractivity contribution in [2.75, 3.05) is 0 Å². The third-order valence-corrected chi connectivity index (χ3v) is 2.95. The summed E-state index contributed by atoms with van der Waals surface area (Å²) in [5, 5.41) is 0. The zero-order valence-corrected chi connectivity index (χ0v) is 7.64. The fourth-order valence-corrected chi connectivity index (χ4v) is 2.35. The molecule has 0 aromatic heterocycles. The number of rotatable bonds is 2. The van der Waals surface area contributed by atoms with Crippen LogP contribution < -0.4 is 0 Å². The predicted octanol–water partition coefficient (Wildman–Crippen LogP) is 3.08. The lowest BCUT2D eigenvalue weighted by molar-refractivity contribution is 0.300. The summed E-state index contributed by atoms with van der Waals surface area (Å²) >= 11 is 0. The Balaban J connectivity index is 2.45. The van der Waals surface area contributed by atoms with Crippen LogP contribution in [0.1, 0.15) is 39.5 Å². The van der Waals surface area contributed by atoms with E-state index in [0.29, 0.717) is 0 Å². The van der Waals surface area contributed by atoms with Crippen LogP contribution in [0.15, 0.2) is 0 Å². The molecule has 1 saturated carbocycles. The van der Waals surface area contributed by atoms with E-state index in [2.05, 4.69) is 19.8 Å². The first kappa shape index (κ1) is 8.65. The first-order chi connectivity index (χ1) is 5.25. The largest absolute Gasteiger partial charge is 0.120 e. The van der Waals surface area contributed by atoms with Gasteiger partial charge < -0.3 is 0 Å². The van der Waals surface area contributed by atoms with Gasteiger partial charge in [-0.2, -0.15) is 0 Å². The molecular weight excluding hydrogens is 132 g/mol. The molecule has 0 bridgehead atoms. The minimum absolute atomic E-state index is 0.829. The summed E-state index contributed by atoms with van der Waals surface area (Å²) in [4.78, 5) is 0. The van der Waals surface area contributed by atoms with Gasteiger partial charge in [0.15, 0.2) is 0 Å². The summed E-state index contributed by atoms with van der Waals surface area (Å²) in [6.45, 7) is 4.64. The first-order valence-electron chi connectivity index (χ1n) is 4.69. The van der Waals surface area contributed by atoms with Crippen molar-refractivity contribution < 1.29 is 0 Å². The zero-order valence-electron chi connectivity index (χ0n) is 7.64. The van der Waals surface area contributed by atoms with E-state index in [4.69, 9.17) is 6.42 Å². The molecule has 62 valence electrons. The predicted molar refractivity (Wildman–Crippen MR) is 49.1 cm³/mol. The van der Waals surface area contributed by atoms with E-state index in [0.717, 1.165) is 24.2 Å². The summed E-state index contributed by atoms with van der Waals surface area (Å²) in [7, 11) is 0. The van der Waals surface area contributed by atoms with Crippen LogP contribution in [0.3, 0.4) is 0 Å². The third-order valence-electron chi connectivity index (χ3n) is 2.95. The highest BCUT2D eigenvalue weighted by atomic mass is 14.3. The van der Waals surface area contributed by atoms with Gasteiger partial charge in [0.05, 0.1) is 0 Å². The van der Waals surface area contributed by atoms with E-state index in [9.17, 15) is 0 Å². The number of hydrogen-bond acceptors (Lipinski definition) is 0. The Labute approximate surface area is 70.4 Å². The second-order valence-corrected chi connectivity index (χ2v) is 4.01. The lowest BCUT2D eigenvalue weighted by Crippen LogP contribution is -2.13. The number of terminal acetylenes is 1. The molecule has 0 saturated heterocycles. The van der Waals surface area contributed by atoms with Gasteiger partial charge >= 0.3 is 0 Å². The molecule has 1 fully saturated rings. The SMILES string of the molecule is C#CCC1CCCC1C(C)C. The fraction of sp³-hybridized carbons (Fsp3) is 0.818. The van der Waals surface area contributed by atoms with Crippen LogP contribution >= 0.6 is 0 Å². The van der Waals surface area contributed by atoms with Gasteiger partial charge in [-0.15, -0.1) is 12.3 Å². The molecule has 0 spiro atoms. The van der Waals surface area contributed by atoms with Crippen molar-refractivity contribution in [2.45, 2.75) is 39.5 Å². The van der Waals surface area contributed by atoms with Crippen LogP contribution in [0.5, 0.6) is 0 Å².